The molecule has 3 N–H and O–H groups in total. The van der Waals surface area contributed by atoms with Crippen LogP contribution < -0.4 is 11.1 Å². The van der Waals surface area contributed by atoms with Crippen molar-refractivity contribution in [2.24, 2.45) is 5.73 Å². The van der Waals surface area contributed by atoms with Gasteiger partial charge >= 0.3 is 0 Å². The summed E-state index contributed by atoms with van der Waals surface area (Å²) in [4.78, 5) is 12.3. The van der Waals surface area contributed by atoms with Crippen molar-refractivity contribution in [3.8, 4) is 0 Å². The highest BCUT2D eigenvalue weighted by molar-refractivity contribution is 7.91. The van der Waals surface area contributed by atoms with Crippen LogP contribution in [0, 0.1) is 0 Å². The molecule has 1 aliphatic rings. The van der Waals surface area contributed by atoms with Gasteiger partial charge in [-0.2, -0.15) is 0 Å². The first kappa shape index (κ1) is 20.9. The maximum Gasteiger partial charge on any atom is 0.244 e. The van der Waals surface area contributed by atoms with Crippen LogP contribution in [0.1, 0.15) is 52.0 Å². The molecule has 0 aliphatic heterocycles. The Morgan fingerprint density at radius 1 is 1.25 bits per heavy atom. The quantitative estimate of drug-likeness (QED) is 0.847. The van der Waals surface area contributed by atoms with Gasteiger partial charge in [0, 0.05) is 5.69 Å². The van der Waals surface area contributed by atoms with E-state index in [1.165, 1.54) is 0 Å². The van der Waals surface area contributed by atoms with Gasteiger partial charge in [0.2, 0.25) is 5.91 Å². The van der Waals surface area contributed by atoms with Crippen molar-refractivity contribution in [1.82, 2.24) is 0 Å². The molecule has 1 fully saturated rings. The Hall–Kier alpha value is -1.11. The van der Waals surface area contributed by atoms with Gasteiger partial charge in [0.15, 0.2) is 9.84 Å². The zero-order valence-corrected chi connectivity index (χ0v) is 16.1. The van der Waals surface area contributed by atoms with E-state index < -0.39 is 20.1 Å². The summed E-state index contributed by atoms with van der Waals surface area (Å²) in [5.74, 6) is -0.237. The molecule has 1 saturated carbocycles. The third-order valence-corrected chi connectivity index (χ3v) is 7.00. The van der Waals surface area contributed by atoms with Crippen LogP contribution in [0.5, 0.6) is 0 Å². The van der Waals surface area contributed by atoms with E-state index in [4.69, 9.17) is 5.73 Å². The second-order valence-electron chi connectivity index (χ2n) is 7.39. The molecule has 0 bridgehead atoms. The van der Waals surface area contributed by atoms with Crippen molar-refractivity contribution in [1.29, 1.82) is 0 Å². The molecule has 1 aliphatic carbocycles. The van der Waals surface area contributed by atoms with Crippen molar-refractivity contribution in [3.05, 3.63) is 29.8 Å². The Labute approximate surface area is 150 Å². The summed E-state index contributed by atoms with van der Waals surface area (Å²) in [5.41, 5.74) is 6.59. The lowest BCUT2D eigenvalue weighted by Crippen LogP contribution is -2.48. The van der Waals surface area contributed by atoms with Crippen molar-refractivity contribution in [3.63, 3.8) is 0 Å². The molecule has 0 aromatic heterocycles. The van der Waals surface area contributed by atoms with Gasteiger partial charge in [-0.05, 0) is 51.3 Å². The second-order valence-corrected chi connectivity index (χ2v) is 10.1. The van der Waals surface area contributed by atoms with Crippen molar-refractivity contribution < 1.29 is 13.2 Å². The van der Waals surface area contributed by atoms with Gasteiger partial charge in [0.1, 0.15) is 0 Å². The van der Waals surface area contributed by atoms with Crippen LogP contribution in [0.3, 0.4) is 0 Å². The van der Waals surface area contributed by atoms with Gasteiger partial charge in [0.05, 0.1) is 16.0 Å². The molecule has 24 heavy (non-hydrogen) atoms. The third-order valence-electron chi connectivity index (χ3n) is 4.42. The molecule has 2 rings (SSSR count). The number of hydrogen-bond acceptors (Lipinski definition) is 4. The summed E-state index contributed by atoms with van der Waals surface area (Å²) in [6.07, 6.45) is 3.31. The largest absolute Gasteiger partial charge is 0.324 e. The van der Waals surface area contributed by atoms with Crippen LogP contribution in [0.25, 0.3) is 0 Å². The molecule has 7 heteroatoms. The molecule has 1 aromatic rings. The Balaban J connectivity index is 0.00000288. The molecule has 0 saturated heterocycles. The van der Waals surface area contributed by atoms with Crippen LogP contribution in [0.4, 0.5) is 5.69 Å². The van der Waals surface area contributed by atoms with Crippen molar-refractivity contribution >= 4 is 33.8 Å². The van der Waals surface area contributed by atoms with Gasteiger partial charge in [-0.1, -0.05) is 25.0 Å². The number of anilines is 1. The molecule has 1 amide bonds. The van der Waals surface area contributed by atoms with Gasteiger partial charge in [-0.15, -0.1) is 12.4 Å². The molecule has 0 atom stereocenters. The summed E-state index contributed by atoms with van der Waals surface area (Å²) in [6, 6.07) is 6.97. The molecular weight excluding hydrogens is 348 g/mol. The number of nitrogens with one attached hydrogen (secondary N) is 1. The van der Waals surface area contributed by atoms with E-state index in [0.29, 0.717) is 24.1 Å². The van der Waals surface area contributed by atoms with E-state index in [-0.39, 0.29) is 24.1 Å². The summed E-state index contributed by atoms with van der Waals surface area (Å²) >= 11 is 0. The molecule has 0 spiro atoms. The van der Waals surface area contributed by atoms with E-state index in [2.05, 4.69) is 5.32 Å². The zero-order chi connectivity index (χ0) is 17.3. The number of amides is 1. The predicted octanol–water partition coefficient (Wildman–Crippen LogP) is 3.03. The van der Waals surface area contributed by atoms with Gasteiger partial charge in [-0.25, -0.2) is 8.42 Å². The smallest absolute Gasteiger partial charge is 0.244 e. The van der Waals surface area contributed by atoms with Gasteiger partial charge in [0.25, 0.3) is 0 Å². The van der Waals surface area contributed by atoms with E-state index in [9.17, 15) is 13.2 Å². The highest BCUT2D eigenvalue weighted by Crippen LogP contribution is 2.29. The Kier molecular flexibility index (Phi) is 6.47. The zero-order valence-electron chi connectivity index (χ0n) is 14.5. The fourth-order valence-corrected chi connectivity index (χ4v) is 3.71. The minimum absolute atomic E-state index is 0. The summed E-state index contributed by atoms with van der Waals surface area (Å²) in [5, 5.41) is 2.83. The highest BCUT2D eigenvalue weighted by Gasteiger charge is 2.37. The fraction of sp³-hybridized carbons (Fsp3) is 0.588. The summed E-state index contributed by atoms with van der Waals surface area (Å²) in [6.45, 7) is 5.06. The number of benzene rings is 1. The Bertz CT molecular complexity index is 690. The van der Waals surface area contributed by atoms with Crippen LogP contribution in [-0.2, 0) is 20.4 Å². The minimum Gasteiger partial charge on any atom is -0.324 e. The van der Waals surface area contributed by atoms with E-state index in [0.717, 1.165) is 12.8 Å². The van der Waals surface area contributed by atoms with Crippen LogP contribution in [0.15, 0.2) is 24.3 Å². The van der Waals surface area contributed by atoms with Crippen LogP contribution >= 0.6 is 12.4 Å². The van der Waals surface area contributed by atoms with Gasteiger partial charge < -0.3 is 11.1 Å². The van der Waals surface area contributed by atoms with Crippen molar-refractivity contribution in [2.75, 3.05) is 5.32 Å². The van der Waals surface area contributed by atoms with Crippen molar-refractivity contribution in [2.45, 2.75) is 62.5 Å². The first-order valence-electron chi connectivity index (χ1n) is 7.95. The van der Waals surface area contributed by atoms with Crippen LogP contribution in [0.2, 0.25) is 0 Å². The van der Waals surface area contributed by atoms with E-state index in [1.807, 2.05) is 0 Å². The topological polar surface area (TPSA) is 89.3 Å². The third kappa shape index (κ3) is 4.71. The number of hydrogen-bond donors (Lipinski definition) is 2. The molecule has 0 radical (unpaired) electrons. The standard InChI is InChI=1S/C17H26N2O3S.ClH/c1-16(2,3)23(21,22)12-13-7-6-8-14(11-13)19-15(20)17(18)9-4-5-10-17;/h6-8,11H,4-5,9-10,12,18H2,1-3H3,(H,19,20);1H. The number of carbonyl (C=O) groups excluding carboxylic acids is 1. The lowest BCUT2D eigenvalue weighted by molar-refractivity contribution is -0.121. The monoisotopic (exact) mass is 374 g/mol. The average molecular weight is 375 g/mol. The molecule has 0 unspecified atom stereocenters. The maximum atomic E-state index is 12.3. The predicted molar refractivity (Wildman–Crippen MR) is 100 cm³/mol. The Morgan fingerprint density at radius 2 is 1.83 bits per heavy atom. The summed E-state index contributed by atoms with van der Waals surface area (Å²) in [7, 11) is -3.26. The first-order valence-corrected chi connectivity index (χ1v) is 9.60. The first-order chi connectivity index (χ1) is 10.5. The lowest BCUT2D eigenvalue weighted by Gasteiger charge is -2.22. The normalized spacial score (nSPS) is 17.2. The molecular formula is C17H27ClN2O3S. The molecule has 0 heterocycles. The fourth-order valence-electron chi connectivity index (χ4n) is 2.66. The summed E-state index contributed by atoms with van der Waals surface area (Å²) < 4.78 is 23.8. The number of halogens is 1. The average Bonchev–Trinajstić information content (AvgIpc) is 2.85. The Morgan fingerprint density at radius 3 is 2.38 bits per heavy atom. The number of nitrogens with two attached hydrogens (primary N) is 1. The van der Waals surface area contributed by atoms with E-state index >= 15 is 0 Å². The molecule has 136 valence electrons. The van der Waals surface area contributed by atoms with Crippen LogP contribution in [-0.4, -0.2) is 24.6 Å². The minimum atomic E-state index is -3.26. The number of carbonyl (C=O) groups is 1. The maximum absolute atomic E-state index is 12.3. The second kappa shape index (κ2) is 7.42. The van der Waals surface area contributed by atoms with E-state index in [1.54, 1.807) is 45.0 Å². The number of rotatable bonds is 4. The molecule has 5 nitrogen and oxygen atoms in total. The molecule has 1 aromatic carbocycles. The van der Waals surface area contributed by atoms with Gasteiger partial charge in [-0.3, -0.25) is 4.79 Å². The lowest BCUT2D eigenvalue weighted by atomic mass is 9.98. The highest BCUT2D eigenvalue weighted by atomic mass is 35.5. The SMILES string of the molecule is CC(C)(C)S(=O)(=O)Cc1cccc(NC(=O)C2(N)CCCC2)c1.Cl. The number of sulfone groups is 1.